The van der Waals surface area contributed by atoms with E-state index in [1.807, 2.05) is 24.4 Å². The average Bonchev–Trinajstić information content (AvgIpc) is 3.14. The van der Waals surface area contributed by atoms with E-state index in [0.717, 1.165) is 11.9 Å². The molecule has 0 amide bonds. The predicted octanol–water partition coefficient (Wildman–Crippen LogP) is 2.71. The van der Waals surface area contributed by atoms with Gasteiger partial charge in [0.25, 0.3) is 0 Å². The molecule has 27 heavy (non-hydrogen) atoms. The number of aromatic nitrogens is 3. The minimum absolute atomic E-state index is 0.105. The Hall–Kier alpha value is -2.93. The van der Waals surface area contributed by atoms with Gasteiger partial charge in [0.1, 0.15) is 0 Å². The van der Waals surface area contributed by atoms with Crippen LogP contribution in [0.1, 0.15) is 5.56 Å². The molecule has 3 aromatic rings. The van der Waals surface area contributed by atoms with Crippen LogP contribution in [0, 0.1) is 5.92 Å². The Kier molecular flexibility index (Phi) is 5.02. The highest BCUT2D eigenvalue weighted by Gasteiger charge is 2.29. The maximum atomic E-state index is 5.74. The van der Waals surface area contributed by atoms with Crippen LogP contribution in [-0.2, 0) is 11.2 Å². The molecule has 1 fully saturated rings. The van der Waals surface area contributed by atoms with Crippen molar-refractivity contribution in [2.75, 3.05) is 32.8 Å². The molecule has 7 nitrogen and oxygen atoms in total. The van der Waals surface area contributed by atoms with Gasteiger partial charge >= 0.3 is 0 Å². The average molecular weight is 366 g/mol. The number of nitrogens with zero attached hydrogens (tertiary/aromatic N) is 3. The van der Waals surface area contributed by atoms with Gasteiger partial charge in [-0.15, -0.1) is 0 Å². The smallest absolute Gasteiger partial charge is 0.229 e. The van der Waals surface area contributed by atoms with Crippen LogP contribution < -0.4 is 14.8 Å². The Morgan fingerprint density at radius 1 is 1.07 bits per heavy atom. The monoisotopic (exact) mass is 366 g/mol. The summed E-state index contributed by atoms with van der Waals surface area (Å²) in [5.41, 5.74) is 2.28. The highest BCUT2D eigenvalue weighted by atomic mass is 16.5. The molecular formula is C20H22N4O3. The largest absolute Gasteiger partial charge is 0.481 e. The van der Waals surface area contributed by atoms with Crippen molar-refractivity contribution in [1.82, 2.24) is 15.0 Å². The lowest BCUT2D eigenvalue weighted by Gasteiger charge is -2.20. The number of para-hydroxylation sites is 1. The van der Waals surface area contributed by atoms with Crippen LogP contribution in [0.5, 0.6) is 11.8 Å². The molecule has 4 rings (SSSR count). The first-order chi connectivity index (χ1) is 13.3. The summed E-state index contributed by atoms with van der Waals surface area (Å²) in [5.74, 6) is 1.70. The standard InChI is InChI=1S/C20H22N4O3/c1-25-18-10-19(26-2)24-20(23-18)22-17-12-27-11-14(17)9-13-7-8-21-16-6-4-3-5-15(13)16/h3-8,10,14,17H,9,11-12H2,1-2H3,(H,22,23,24)/t14-,17+/m1/s1. The van der Waals surface area contributed by atoms with Gasteiger partial charge in [-0.2, -0.15) is 9.97 Å². The van der Waals surface area contributed by atoms with E-state index in [2.05, 4.69) is 32.4 Å². The zero-order chi connectivity index (χ0) is 18.6. The molecule has 1 aliphatic heterocycles. The van der Waals surface area contributed by atoms with E-state index in [9.17, 15) is 0 Å². The number of anilines is 1. The van der Waals surface area contributed by atoms with Crippen LogP contribution in [0.3, 0.4) is 0 Å². The minimum atomic E-state index is 0.105. The Balaban J connectivity index is 1.54. The fourth-order valence-electron chi connectivity index (χ4n) is 3.42. The number of nitrogens with one attached hydrogen (secondary N) is 1. The van der Waals surface area contributed by atoms with Crippen LogP contribution >= 0.6 is 0 Å². The van der Waals surface area contributed by atoms with Crippen LogP contribution in [0.15, 0.2) is 42.6 Å². The lowest BCUT2D eigenvalue weighted by Crippen LogP contribution is -2.30. The van der Waals surface area contributed by atoms with Crippen molar-refractivity contribution < 1.29 is 14.2 Å². The second-order valence-corrected chi connectivity index (χ2v) is 6.52. The summed E-state index contributed by atoms with van der Waals surface area (Å²) in [6, 6.07) is 12.1. The quantitative estimate of drug-likeness (QED) is 0.718. The molecule has 2 atom stereocenters. The summed E-state index contributed by atoms with van der Waals surface area (Å²) in [7, 11) is 3.14. The van der Waals surface area contributed by atoms with E-state index in [1.165, 1.54) is 10.9 Å². The van der Waals surface area contributed by atoms with Gasteiger partial charge in [0.15, 0.2) is 0 Å². The van der Waals surface area contributed by atoms with Crippen molar-refractivity contribution in [3.63, 3.8) is 0 Å². The first kappa shape index (κ1) is 17.5. The van der Waals surface area contributed by atoms with E-state index in [-0.39, 0.29) is 6.04 Å². The van der Waals surface area contributed by atoms with Gasteiger partial charge in [0.2, 0.25) is 17.7 Å². The summed E-state index contributed by atoms with van der Waals surface area (Å²) in [4.78, 5) is 13.2. The fraction of sp³-hybridized carbons (Fsp3) is 0.350. The number of hydrogen-bond acceptors (Lipinski definition) is 7. The molecular weight excluding hydrogens is 344 g/mol. The Labute approximate surface area is 157 Å². The van der Waals surface area contributed by atoms with E-state index >= 15 is 0 Å². The summed E-state index contributed by atoms with van der Waals surface area (Å²) >= 11 is 0. The van der Waals surface area contributed by atoms with Gasteiger partial charge in [0.05, 0.1) is 45.1 Å². The molecule has 140 valence electrons. The highest BCUT2D eigenvalue weighted by Crippen LogP contribution is 2.26. The van der Waals surface area contributed by atoms with Crippen LogP contribution in [0.4, 0.5) is 5.95 Å². The molecule has 1 aromatic carbocycles. The molecule has 1 saturated heterocycles. The highest BCUT2D eigenvalue weighted by molar-refractivity contribution is 5.81. The molecule has 0 bridgehead atoms. The van der Waals surface area contributed by atoms with Crippen LogP contribution in [0.25, 0.3) is 10.9 Å². The van der Waals surface area contributed by atoms with Gasteiger partial charge in [-0.05, 0) is 24.1 Å². The zero-order valence-electron chi connectivity index (χ0n) is 15.4. The molecule has 1 aliphatic rings. The van der Waals surface area contributed by atoms with Crippen molar-refractivity contribution in [1.29, 1.82) is 0 Å². The number of ether oxygens (including phenoxy) is 3. The third-order valence-corrected chi connectivity index (χ3v) is 4.83. The van der Waals surface area contributed by atoms with Gasteiger partial charge in [-0.1, -0.05) is 18.2 Å². The van der Waals surface area contributed by atoms with Crippen molar-refractivity contribution in [2.24, 2.45) is 5.92 Å². The van der Waals surface area contributed by atoms with Gasteiger partial charge in [0, 0.05) is 17.5 Å². The summed E-state index contributed by atoms with van der Waals surface area (Å²) < 4.78 is 16.2. The van der Waals surface area contributed by atoms with Crippen molar-refractivity contribution in [3.8, 4) is 11.8 Å². The van der Waals surface area contributed by atoms with Gasteiger partial charge in [-0.3, -0.25) is 4.98 Å². The topological polar surface area (TPSA) is 78.4 Å². The Morgan fingerprint density at radius 2 is 1.85 bits per heavy atom. The molecule has 0 unspecified atom stereocenters. The van der Waals surface area contributed by atoms with Crippen LogP contribution in [-0.4, -0.2) is 48.4 Å². The second kappa shape index (κ2) is 7.75. The minimum Gasteiger partial charge on any atom is -0.481 e. The Morgan fingerprint density at radius 3 is 2.63 bits per heavy atom. The predicted molar refractivity (Wildman–Crippen MR) is 102 cm³/mol. The van der Waals surface area contributed by atoms with Crippen molar-refractivity contribution in [2.45, 2.75) is 12.5 Å². The normalized spacial score (nSPS) is 19.2. The number of methoxy groups -OCH3 is 2. The third kappa shape index (κ3) is 3.78. The summed E-state index contributed by atoms with van der Waals surface area (Å²) in [6.07, 6.45) is 2.76. The molecule has 0 spiro atoms. The first-order valence-corrected chi connectivity index (χ1v) is 8.91. The third-order valence-electron chi connectivity index (χ3n) is 4.83. The number of hydrogen-bond donors (Lipinski definition) is 1. The molecule has 0 saturated carbocycles. The number of rotatable bonds is 6. The Bertz CT molecular complexity index is 906. The molecule has 7 heteroatoms. The molecule has 2 aromatic heterocycles. The number of benzene rings is 1. The lowest BCUT2D eigenvalue weighted by molar-refractivity contribution is 0.185. The van der Waals surface area contributed by atoms with E-state index in [1.54, 1.807) is 20.3 Å². The maximum absolute atomic E-state index is 5.74. The molecule has 3 heterocycles. The number of fused-ring (bicyclic) bond motifs is 1. The maximum Gasteiger partial charge on any atom is 0.229 e. The zero-order valence-corrected chi connectivity index (χ0v) is 15.4. The van der Waals surface area contributed by atoms with E-state index in [0.29, 0.717) is 36.8 Å². The van der Waals surface area contributed by atoms with Gasteiger partial charge < -0.3 is 19.5 Å². The summed E-state index contributed by atoms with van der Waals surface area (Å²) in [5, 5.41) is 4.57. The molecule has 0 radical (unpaired) electrons. The van der Waals surface area contributed by atoms with E-state index < -0.39 is 0 Å². The summed E-state index contributed by atoms with van der Waals surface area (Å²) in [6.45, 7) is 1.30. The van der Waals surface area contributed by atoms with E-state index in [4.69, 9.17) is 14.2 Å². The fourth-order valence-corrected chi connectivity index (χ4v) is 3.42. The number of pyridine rings is 1. The van der Waals surface area contributed by atoms with Crippen molar-refractivity contribution >= 4 is 16.9 Å². The lowest BCUT2D eigenvalue weighted by atomic mass is 9.93. The molecule has 1 N–H and O–H groups in total. The van der Waals surface area contributed by atoms with Gasteiger partial charge in [-0.25, -0.2) is 0 Å². The van der Waals surface area contributed by atoms with Crippen LogP contribution in [0.2, 0.25) is 0 Å². The SMILES string of the molecule is COc1cc(OC)nc(N[C@H]2COC[C@H]2Cc2ccnc3ccccc23)n1. The van der Waals surface area contributed by atoms with Crippen molar-refractivity contribution in [3.05, 3.63) is 48.2 Å². The first-order valence-electron chi connectivity index (χ1n) is 8.91. The molecule has 0 aliphatic carbocycles. The second-order valence-electron chi connectivity index (χ2n) is 6.52.